The van der Waals surface area contributed by atoms with Crippen LogP contribution in [0, 0.1) is 0 Å². The van der Waals surface area contributed by atoms with Crippen LogP contribution in [0.1, 0.15) is 26.2 Å². The summed E-state index contributed by atoms with van der Waals surface area (Å²) in [6.45, 7) is 3.99. The largest absolute Gasteiger partial charge is 0.478 e. The second-order valence-electron chi connectivity index (χ2n) is 3.82. The Balaban J connectivity index is 2.01. The maximum absolute atomic E-state index is 10.5. The molecule has 1 unspecified atom stereocenters. The second kappa shape index (κ2) is 6.58. The van der Waals surface area contributed by atoms with E-state index in [1.54, 1.807) is 13.0 Å². The Morgan fingerprint density at radius 2 is 2.47 bits per heavy atom. The zero-order chi connectivity index (χ0) is 11.1. The lowest BCUT2D eigenvalue weighted by Crippen LogP contribution is -2.20. The smallest absolute Gasteiger partial charge is 0.330 e. The van der Waals surface area contributed by atoms with E-state index in [9.17, 15) is 4.79 Å². The van der Waals surface area contributed by atoms with Crippen molar-refractivity contribution in [2.45, 2.75) is 32.3 Å². The molecule has 2 N–H and O–H groups in total. The van der Waals surface area contributed by atoms with E-state index in [1.807, 2.05) is 0 Å². The van der Waals surface area contributed by atoms with Crippen molar-refractivity contribution in [1.29, 1.82) is 0 Å². The molecule has 1 saturated heterocycles. The summed E-state index contributed by atoms with van der Waals surface area (Å²) in [5, 5.41) is 11.8. The number of carbonyl (C=O) groups is 1. The molecule has 1 aliphatic rings. The molecule has 1 rings (SSSR count). The van der Waals surface area contributed by atoms with Crippen LogP contribution in [0.4, 0.5) is 0 Å². The molecule has 1 atom stereocenters. The third-order valence-corrected chi connectivity index (χ3v) is 2.56. The van der Waals surface area contributed by atoms with Crippen LogP contribution in [0.15, 0.2) is 11.6 Å². The average molecular weight is 213 g/mol. The quantitative estimate of drug-likeness (QED) is 0.514. The van der Waals surface area contributed by atoms with Crippen LogP contribution in [-0.2, 0) is 9.53 Å². The van der Waals surface area contributed by atoms with Gasteiger partial charge < -0.3 is 15.2 Å². The third kappa shape index (κ3) is 4.95. The molecule has 0 aromatic carbocycles. The van der Waals surface area contributed by atoms with E-state index in [0.717, 1.165) is 26.0 Å². The Hall–Kier alpha value is -0.870. The molecule has 4 nitrogen and oxygen atoms in total. The number of aliphatic carboxylic acids is 1. The number of hydrogen-bond donors (Lipinski definition) is 2. The van der Waals surface area contributed by atoms with Gasteiger partial charge in [-0.15, -0.1) is 0 Å². The van der Waals surface area contributed by atoms with Crippen LogP contribution >= 0.6 is 0 Å². The molecule has 0 spiro atoms. The summed E-state index contributed by atoms with van der Waals surface area (Å²) in [5.74, 6) is -0.851. The van der Waals surface area contributed by atoms with E-state index >= 15 is 0 Å². The highest BCUT2D eigenvalue weighted by molar-refractivity contribution is 5.85. The standard InChI is InChI=1S/C11H19NO3/c1-9(11(13)14)4-6-12-7-5-10-3-2-8-15-10/h4,10,12H,2-3,5-8H2,1H3,(H,13,14). The van der Waals surface area contributed by atoms with Crippen LogP contribution in [0.5, 0.6) is 0 Å². The molecule has 0 aliphatic carbocycles. The lowest BCUT2D eigenvalue weighted by molar-refractivity contribution is -0.132. The zero-order valence-electron chi connectivity index (χ0n) is 9.16. The molecular formula is C11H19NO3. The number of rotatable bonds is 6. The van der Waals surface area contributed by atoms with Gasteiger partial charge in [-0.05, 0) is 32.7 Å². The first-order chi connectivity index (χ1) is 7.20. The molecule has 1 heterocycles. The van der Waals surface area contributed by atoms with Crippen molar-refractivity contribution < 1.29 is 14.6 Å². The first-order valence-electron chi connectivity index (χ1n) is 5.42. The molecule has 1 aliphatic heterocycles. The lowest BCUT2D eigenvalue weighted by atomic mass is 10.2. The Bertz CT molecular complexity index is 232. The number of carboxylic acids is 1. The highest BCUT2D eigenvalue weighted by atomic mass is 16.5. The Morgan fingerprint density at radius 3 is 3.07 bits per heavy atom. The second-order valence-corrected chi connectivity index (χ2v) is 3.82. The van der Waals surface area contributed by atoms with Crippen molar-refractivity contribution in [2.24, 2.45) is 0 Å². The molecule has 0 saturated carbocycles. The van der Waals surface area contributed by atoms with Crippen LogP contribution in [-0.4, -0.2) is 36.9 Å². The minimum absolute atomic E-state index is 0.389. The molecule has 0 amide bonds. The highest BCUT2D eigenvalue weighted by Crippen LogP contribution is 2.14. The third-order valence-electron chi connectivity index (χ3n) is 2.56. The number of hydrogen-bond acceptors (Lipinski definition) is 3. The van der Waals surface area contributed by atoms with E-state index in [-0.39, 0.29) is 0 Å². The van der Waals surface area contributed by atoms with Gasteiger partial charge in [0.1, 0.15) is 0 Å². The normalized spacial score (nSPS) is 21.9. The number of carboxylic acid groups (broad SMARTS) is 1. The number of nitrogens with one attached hydrogen (secondary N) is 1. The van der Waals surface area contributed by atoms with Crippen molar-refractivity contribution in [3.63, 3.8) is 0 Å². The zero-order valence-corrected chi connectivity index (χ0v) is 9.16. The van der Waals surface area contributed by atoms with Gasteiger partial charge >= 0.3 is 5.97 Å². The van der Waals surface area contributed by atoms with E-state index in [1.165, 1.54) is 6.42 Å². The lowest BCUT2D eigenvalue weighted by Gasteiger charge is -2.08. The van der Waals surface area contributed by atoms with Gasteiger partial charge in [0.25, 0.3) is 0 Å². The predicted octanol–water partition coefficient (Wildman–Crippen LogP) is 1.18. The molecule has 0 aromatic rings. The summed E-state index contributed by atoms with van der Waals surface area (Å²) in [4.78, 5) is 10.5. The summed E-state index contributed by atoms with van der Waals surface area (Å²) in [5.41, 5.74) is 0.389. The highest BCUT2D eigenvalue weighted by Gasteiger charge is 2.13. The van der Waals surface area contributed by atoms with Gasteiger partial charge in [0, 0.05) is 18.7 Å². The fraction of sp³-hybridized carbons (Fsp3) is 0.727. The van der Waals surface area contributed by atoms with Gasteiger partial charge in [-0.3, -0.25) is 0 Å². The van der Waals surface area contributed by atoms with Gasteiger partial charge in [0.15, 0.2) is 0 Å². The van der Waals surface area contributed by atoms with Crippen molar-refractivity contribution in [2.75, 3.05) is 19.7 Å². The van der Waals surface area contributed by atoms with Gasteiger partial charge in [-0.25, -0.2) is 4.79 Å². The molecule has 15 heavy (non-hydrogen) atoms. The number of ether oxygens (including phenoxy) is 1. The summed E-state index contributed by atoms with van der Waals surface area (Å²) in [6, 6.07) is 0. The first-order valence-corrected chi connectivity index (χ1v) is 5.42. The van der Waals surface area contributed by atoms with Gasteiger partial charge in [-0.2, -0.15) is 0 Å². The Morgan fingerprint density at radius 1 is 1.67 bits per heavy atom. The fourth-order valence-corrected chi connectivity index (χ4v) is 1.55. The monoisotopic (exact) mass is 213 g/mol. The van der Waals surface area contributed by atoms with E-state index in [0.29, 0.717) is 18.2 Å². The van der Waals surface area contributed by atoms with E-state index in [4.69, 9.17) is 9.84 Å². The summed E-state index contributed by atoms with van der Waals surface area (Å²) in [6.07, 6.45) is 5.44. The predicted molar refractivity (Wildman–Crippen MR) is 57.9 cm³/mol. The molecule has 0 radical (unpaired) electrons. The minimum Gasteiger partial charge on any atom is -0.478 e. The molecule has 86 valence electrons. The van der Waals surface area contributed by atoms with Crippen LogP contribution < -0.4 is 5.32 Å². The SMILES string of the molecule is CC(=CCNCCC1CCCO1)C(=O)O. The van der Waals surface area contributed by atoms with Crippen molar-refractivity contribution in [1.82, 2.24) is 5.32 Å². The summed E-state index contributed by atoms with van der Waals surface area (Å²) in [7, 11) is 0. The molecule has 4 heteroatoms. The van der Waals surface area contributed by atoms with Gasteiger partial charge in [0.05, 0.1) is 6.10 Å². The summed E-state index contributed by atoms with van der Waals surface area (Å²) >= 11 is 0. The molecular weight excluding hydrogens is 194 g/mol. The van der Waals surface area contributed by atoms with E-state index in [2.05, 4.69) is 5.32 Å². The maximum atomic E-state index is 10.5. The van der Waals surface area contributed by atoms with Gasteiger partial charge in [-0.1, -0.05) is 6.08 Å². The average Bonchev–Trinajstić information content (AvgIpc) is 2.69. The molecule has 1 fully saturated rings. The van der Waals surface area contributed by atoms with Crippen molar-refractivity contribution in [3.05, 3.63) is 11.6 Å². The van der Waals surface area contributed by atoms with Gasteiger partial charge in [0.2, 0.25) is 0 Å². The summed E-state index contributed by atoms with van der Waals surface area (Å²) < 4.78 is 5.47. The minimum atomic E-state index is -0.851. The van der Waals surface area contributed by atoms with Crippen LogP contribution in [0.3, 0.4) is 0 Å². The van der Waals surface area contributed by atoms with Crippen LogP contribution in [0.25, 0.3) is 0 Å². The van der Waals surface area contributed by atoms with Crippen LogP contribution in [0.2, 0.25) is 0 Å². The Kier molecular flexibility index (Phi) is 5.36. The maximum Gasteiger partial charge on any atom is 0.330 e. The molecule has 0 aromatic heterocycles. The van der Waals surface area contributed by atoms with Crippen molar-refractivity contribution >= 4 is 5.97 Å². The Labute approximate surface area is 90.3 Å². The fourth-order valence-electron chi connectivity index (χ4n) is 1.55. The molecule has 0 bridgehead atoms. The topological polar surface area (TPSA) is 58.6 Å². The van der Waals surface area contributed by atoms with Crippen molar-refractivity contribution in [3.8, 4) is 0 Å². The first kappa shape index (κ1) is 12.2. The van der Waals surface area contributed by atoms with E-state index < -0.39 is 5.97 Å².